The Bertz CT molecular complexity index is 4310. The predicted octanol–water partition coefficient (Wildman–Crippen LogP) is 26.6. The smallest absolute Gasteiger partial charge is 0.0705 e. The van der Waals surface area contributed by atoms with Gasteiger partial charge in [-0.05, 0) is 264 Å². The first-order chi connectivity index (χ1) is 46.2. The van der Waals surface area contributed by atoms with Crippen molar-refractivity contribution >= 4 is 0 Å². The maximum absolute atomic E-state index is 4.96. The van der Waals surface area contributed by atoms with Crippen molar-refractivity contribution in [3.8, 4) is 78.3 Å². The second-order valence-electron chi connectivity index (χ2n) is 31.5. The molecule has 0 saturated heterocycles. The molecule has 7 aliphatic rings. The van der Waals surface area contributed by atoms with Gasteiger partial charge in [-0.25, -0.2) is 0 Å². The molecule has 3 nitrogen and oxygen atoms in total. The Hall–Kier alpha value is -8.01. The average molecular weight is 1270 g/mol. The Morgan fingerprint density at radius 2 is 0.594 bits per heavy atom. The van der Waals surface area contributed by atoms with Crippen molar-refractivity contribution in [3.63, 3.8) is 0 Å². The first kappa shape index (κ1) is 67.9. The average Bonchev–Trinajstić information content (AvgIpc) is 1.58. The minimum Gasteiger partial charge on any atom is -0.256 e. The van der Waals surface area contributed by atoms with E-state index in [1.54, 1.807) is 16.7 Å². The molecule has 7 aliphatic carbocycles. The zero-order valence-corrected chi connectivity index (χ0v) is 61.1. The third-order valence-electron chi connectivity index (χ3n) is 22.4. The minimum absolute atomic E-state index is 0.0533. The van der Waals surface area contributed by atoms with Crippen LogP contribution in [-0.2, 0) is 21.7 Å². The summed E-state index contributed by atoms with van der Waals surface area (Å²) in [7, 11) is 0. The summed E-state index contributed by atoms with van der Waals surface area (Å²) in [6.45, 7) is 37.1. The lowest BCUT2D eigenvalue weighted by Crippen LogP contribution is -2.14. The van der Waals surface area contributed by atoms with Gasteiger partial charge in [0.05, 0.1) is 17.1 Å². The first-order valence-corrected chi connectivity index (χ1v) is 37.0. The van der Waals surface area contributed by atoms with Crippen molar-refractivity contribution in [2.45, 2.75) is 233 Å². The van der Waals surface area contributed by atoms with Gasteiger partial charge in [0.2, 0.25) is 0 Å². The zero-order chi connectivity index (χ0) is 68.0. The van der Waals surface area contributed by atoms with E-state index in [9.17, 15) is 0 Å². The lowest BCUT2D eigenvalue weighted by Gasteiger charge is -2.22. The Morgan fingerprint density at radius 3 is 1.00 bits per heavy atom. The van der Waals surface area contributed by atoms with E-state index in [0.717, 1.165) is 52.6 Å². The van der Waals surface area contributed by atoms with Crippen molar-refractivity contribution in [1.29, 1.82) is 0 Å². The SMILES string of the molecule is CC.CC.CC.CC(C)(C)c1ccc(-c2cc(-c3ccc(C(C)(C)C)cc3)cc(-c3cccc(-c4cc5c(cn4)C4CCC5C4)c3)c2)cc1.CC(C)(C)c1ccc(-c2cc3c(cn2)C2CCC3C2)cc1.CC1(C)c2ccccc2-c2ccc(-c3cc4c(cn3)C3CCC4C3)cc21. The van der Waals surface area contributed by atoms with E-state index < -0.39 is 0 Å². The Morgan fingerprint density at radius 1 is 0.281 bits per heavy atom. The van der Waals surface area contributed by atoms with E-state index in [2.05, 4.69) is 271 Å². The summed E-state index contributed by atoms with van der Waals surface area (Å²) in [6, 6.07) is 66.2. The fourth-order valence-corrected chi connectivity index (χ4v) is 17.0. The Labute approximate surface area is 578 Å². The van der Waals surface area contributed by atoms with E-state index in [4.69, 9.17) is 15.0 Å². The monoisotopic (exact) mass is 1270 g/mol. The molecule has 0 aliphatic heterocycles. The molecule has 10 aromatic rings. The second kappa shape index (κ2) is 27.5. The maximum Gasteiger partial charge on any atom is 0.0705 e. The number of hydrogen-bond acceptors (Lipinski definition) is 3. The van der Waals surface area contributed by atoms with Crippen molar-refractivity contribution in [1.82, 2.24) is 15.0 Å². The summed E-state index contributed by atoms with van der Waals surface area (Å²) in [5.74, 6) is 4.65. The molecule has 6 atom stereocenters. The quantitative estimate of drug-likeness (QED) is 0.167. The van der Waals surface area contributed by atoms with Crippen LogP contribution in [0.3, 0.4) is 0 Å². The van der Waals surface area contributed by atoms with Gasteiger partial charge in [-0.1, -0.05) is 245 Å². The second-order valence-corrected chi connectivity index (χ2v) is 31.5. The molecule has 0 spiro atoms. The molecule has 6 bridgehead atoms. The number of hydrogen-bond donors (Lipinski definition) is 0. The highest BCUT2D eigenvalue weighted by molar-refractivity contribution is 5.85. The van der Waals surface area contributed by atoms with Crippen molar-refractivity contribution in [3.05, 3.63) is 256 Å². The van der Waals surface area contributed by atoms with Crippen molar-refractivity contribution < 1.29 is 0 Å². The van der Waals surface area contributed by atoms with E-state index in [1.165, 1.54) is 163 Å². The summed E-state index contributed by atoms with van der Waals surface area (Å²) in [5.41, 5.74) is 34.0. The molecule has 96 heavy (non-hydrogen) atoms. The lowest BCUT2D eigenvalue weighted by atomic mass is 9.81. The van der Waals surface area contributed by atoms with E-state index in [0.29, 0.717) is 0 Å². The molecule has 17 rings (SSSR count). The summed E-state index contributed by atoms with van der Waals surface area (Å²) in [6.07, 6.45) is 18.7. The molecule has 494 valence electrons. The van der Waals surface area contributed by atoms with Crippen LogP contribution in [0.25, 0.3) is 78.3 Å². The van der Waals surface area contributed by atoms with Gasteiger partial charge in [-0.15, -0.1) is 0 Å². The molecule has 0 amide bonds. The highest BCUT2D eigenvalue weighted by Crippen LogP contribution is 2.56. The summed E-state index contributed by atoms with van der Waals surface area (Å²) < 4.78 is 0. The normalized spacial score (nSPS) is 19.6. The van der Waals surface area contributed by atoms with Crippen LogP contribution in [0.1, 0.15) is 272 Å². The molecule has 0 radical (unpaired) electrons. The summed E-state index contributed by atoms with van der Waals surface area (Å²) >= 11 is 0. The minimum atomic E-state index is 0.0533. The van der Waals surface area contributed by atoms with Crippen LogP contribution in [0.4, 0.5) is 0 Å². The van der Waals surface area contributed by atoms with Gasteiger partial charge in [0.15, 0.2) is 0 Å². The summed E-state index contributed by atoms with van der Waals surface area (Å²) in [5, 5.41) is 0. The third-order valence-corrected chi connectivity index (χ3v) is 22.4. The van der Waals surface area contributed by atoms with E-state index in [1.807, 2.05) is 41.5 Å². The molecular formula is C93H107N3. The molecule has 0 N–H and O–H groups in total. The number of aromatic nitrogens is 3. The summed E-state index contributed by atoms with van der Waals surface area (Å²) in [4.78, 5) is 14.6. The van der Waals surface area contributed by atoms with Gasteiger partial charge in [0.1, 0.15) is 0 Å². The zero-order valence-electron chi connectivity index (χ0n) is 61.1. The molecule has 3 fully saturated rings. The first-order valence-electron chi connectivity index (χ1n) is 37.0. The Balaban J connectivity index is 0.000000142. The molecule has 3 saturated carbocycles. The molecular weight excluding hydrogens is 1160 g/mol. The van der Waals surface area contributed by atoms with Crippen LogP contribution in [-0.4, -0.2) is 15.0 Å². The van der Waals surface area contributed by atoms with Crippen LogP contribution in [0.5, 0.6) is 0 Å². The van der Waals surface area contributed by atoms with Crippen LogP contribution in [0.2, 0.25) is 0 Å². The van der Waals surface area contributed by atoms with Gasteiger partial charge in [0.25, 0.3) is 0 Å². The number of nitrogens with zero attached hydrogens (tertiary/aromatic N) is 3. The highest BCUT2D eigenvalue weighted by atomic mass is 14.7. The number of pyridine rings is 3. The van der Waals surface area contributed by atoms with Crippen LogP contribution >= 0.6 is 0 Å². The third kappa shape index (κ3) is 13.3. The fraction of sp³-hybridized carbons (Fsp3) is 0.387. The maximum atomic E-state index is 4.96. The van der Waals surface area contributed by atoms with E-state index in [-0.39, 0.29) is 21.7 Å². The standard InChI is InChI=1S/C42H43N.C25H23N.C20H23N.3C2H6/c1-41(2,3)36-16-12-27(13-17-36)33-22-34(28-14-18-37(19-15-28)42(4,5)6)24-35(23-33)29-8-7-9-32(20-29)40-25-38-30-10-11-31(21-30)39(38)26-43-40;1-25(2)22-6-4-3-5-18(22)19-10-9-17(12-23(19)25)24-13-20-15-7-8-16(11-15)21(20)14-26-24;1-20(2,3)16-8-6-13(7-9-16)19-11-17-14-4-5-15(10-14)18(17)12-21-19;3*1-2/h7-9,12-20,22-26,30-31H,10-11,21H2,1-6H3;3-6,9-10,12-16H,7-8,11H2,1-2H3;6-9,11-12,14-15H,4-5,10H2,1-3H3;3*1-2H3. The molecule has 3 heteroatoms. The van der Waals surface area contributed by atoms with Gasteiger partial charge in [-0.3, -0.25) is 15.0 Å². The molecule has 6 unspecified atom stereocenters. The molecule has 7 aromatic carbocycles. The van der Waals surface area contributed by atoms with E-state index >= 15 is 0 Å². The van der Waals surface area contributed by atoms with Gasteiger partial charge in [0, 0.05) is 40.7 Å². The van der Waals surface area contributed by atoms with Gasteiger partial charge < -0.3 is 0 Å². The largest absolute Gasteiger partial charge is 0.256 e. The van der Waals surface area contributed by atoms with Gasteiger partial charge in [-0.2, -0.15) is 0 Å². The predicted molar refractivity (Wildman–Crippen MR) is 411 cm³/mol. The van der Waals surface area contributed by atoms with Crippen LogP contribution in [0.15, 0.2) is 195 Å². The fourth-order valence-electron chi connectivity index (χ4n) is 17.0. The Kier molecular flexibility index (Phi) is 19.5. The van der Waals surface area contributed by atoms with Crippen molar-refractivity contribution in [2.75, 3.05) is 0 Å². The van der Waals surface area contributed by atoms with Crippen LogP contribution in [0, 0.1) is 0 Å². The number of rotatable bonds is 6. The molecule has 3 aromatic heterocycles. The lowest BCUT2D eigenvalue weighted by molar-refractivity contribution is 0.590. The molecule has 3 heterocycles. The number of fused-ring (bicyclic) bond motifs is 18. The van der Waals surface area contributed by atoms with Crippen molar-refractivity contribution in [2.24, 2.45) is 0 Å². The number of benzene rings is 7. The van der Waals surface area contributed by atoms with Crippen LogP contribution < -0.4 is 0 Å². The van der Waals surface area contributed by atoms with Gasteiger partial charge >= 0.3 is 0 Å². The highest BCUT2D eigenvalue weighted by Gasteiger charge is 2.40. The topological polar surface area (TPSA) is 38.7 Å².